The van der Waals surface area contributed by atoms with Crippen LogP contribution in [-0.2, 0) is 11.3 Å². The maximum Gasteiger partial charge on any atom is 0.253 e. The van der Waals surface area contributed by atoms with Crippen molar-refractivity contribution in [2.75, 3.05) is 12.9 Å². The molecule has 1 atom stereocenters. The summed E-state index contributed by atoms with van der Waals surface area (Å²) in [7, 11) is 1.65. The highest BCUT2D eigenvalue weighted by atomic mass is 79.9. The Morgan fingerprint density at radius 3 is 2.46 bits per heavy atom. The van der Waals surface area contributed by atoms with Gasteiger partial charge in [-0.2, -0.15) is 5.10 Å². The predicted octanol–water partition coefficient (Wildman–Crippen LogP) is 8.58. The van der Waals surface area contributed by atoms with E-state index in [1.165, 1.54) is 0 Å². The summed E-state index contributed by atoms with van der Waals surface area (Å²) < 4.78 is 8.58. The van der Waals surface area contributed by atoms with Crippen molar-refractivity contribution < 1.29 is 9.53 Å². The maximum atomic E-state index is 13.8. The molecule has 4 aromatic carbocycles. The van der Waals surface area contributed by atoms with E-state index in [9.17, 15) is 4.79 Å². The number of amides is 1. The standard InChI is InChI=1S/C33H27BrClN3O2S/c1-40-27-16-10-24(11-17-27)31-18-29(23-8-12-25(34)13-9-23)36-38(31)33(39)21-41-32-20-37(30-5-3-2-4-28(30)32)19-22-6-14-26(35)15-7-22/h2-17,20,31H,18-19,21H2,1H3. The lowest BCUT2D eigenvalue weighted by Gasteiger charge is -2.22. The van der Waals surface area contributed by atoms with Crippen LogP contribution < -0.4 is 4.74 Å². The molecule has 6 rings (SSSR count). The second-order valence-corrected chi connectivity index (χ2v) is 12.2. The van der Waals surface area contributed by atoms with E-state index in [0.717, 1.165) is 60.0 Å². The molecule has 2 heterocycles. The highest BCUT2D eigenvalue weighted by molar-refractivity contribution is 9.10. The van der Waals surface area contributed by atoms with Crippen molar-refractivity contribution in [1.82, 2.24) is 9.58 Å². The molecule has 0 N–H and O–H groups in total. The number of methoxy groups -OCH3 is 1. The number of aromatic nitrogens is 1. The van der Waals surface area contributed by atoms with Gasteiger partial charge in [0.05, 0.1) is 24.6 Å². The van der Waals surface area contributed by atoms with E-state index in [0.29, 0.717) is 6.42 Å². The molecule has 1 aliphatic heterocycles. The van der Waals surface area contributed by atoms with Gasteiger partial charge in [0.15, 0.2) is 0 Å². The number of hydrazone groups is 1. The van der Waals surface area contributed by atoms with Crippen LogP contribution in [0.5, 0.6) is 5.75 Å². The Labute approximate surface area is 256 Å². The molecule has 0 saturated heterocycles. The van der Waals surface area contributed by atoms with Gasteiger partial charge in [-0.3, -0.25) is 4.79 Å². The predicted molar refractivity (Wildman–Crippen MR) is 171 cm³/mol. The van der Waals surface area contributed by atoms with Crippen LogP contribution in [0.4, 0.5) is 0 Å². The molecule has 0 saturated carbocycles. The number of carbonyl (C=O) groups excluding carboxylic acids is 1. The number of benzene rings is 4. The lowest BCUT2D eigenvalue weighted by molar-refractivity contribution is -0.130. The molecule has 206 valence electrons. The molecule has 0 fully saturated rings. The van der Waals surface area contributed by atoms with Gasteiger partial charge in [-0.1, -0.05) is 82.1 Å². The summed E-state index contributed by atoms with van der Waals surface area (Å²) in [6.45, 7) is 0.721. The van der Waals surface area contributed by atoms with Crippen LogP contribution in [0.2, 0.25) is 5.02 Å². The van der Waals surface area contributed by atoms with Crippen molar-refractivity contribution >= 4 is 61.8 Å². The Kier molecular flexibility index (Phi) is 8.19. The van der Waals surface area contributed by atoms with Gasteiger partial charge in [-0.05, 0) is 59.2 Å². The first kappa shape index (κ1) is 27.6. The van der Waals surface area contributed by atoms with E-state index in [2.05, 4.69) is 38.8 Å². The molecule has 0 aliphatic carbocycles. The molecular weight excluding hydrogens is 618 g/mol. The number of ether oxygens (including phenoxy) is 1. The van der Waals surface area contributed by atoms with Gasteiger partial charge < -0.3 is 9.30 Å². The van der Waals surface area contributed by atoms with Gasteiger partial charge in [0.2, 0.25) is 0 Å². The van der Waals surface area contributed by atoms with Crippen LogP contribution in [0.1, 0.15) is 29.2 Å². The highest BCUT2D eigenvalue weighted by Crippen LogP contribution is 2.36. The fourth-order valence-electron chi connectivity index (χ4n) is 5.09. The van der Waals surface area contributed by atoms with Crippen LogP contribution in [0, 0.1) is 0 Å². The lowest BCUT2D eigenvalue weighted by Crippen LogP contribution is -2.28. The van der Waals surface area contributed by atoms with Gasteiger partial charge in [-0.15, -0.1) is 11.8 Å². The van der Waals surface area contributed by atoms with E-state index >= 15 is 0 Å². The Bertz CT molecular complexity index is 1720. The van der Waals surface area contributed by atoms with Gasteiger partial charge in [-0.25, -0.2) is 5.01 Å². The number of hydrogen-bond acceptors (Lipinski definition) is 4. The maximum absolute atomic E-state index is 13.8. The summed E-state index contributed by atoms with van der Waals surface area (Å²) in [6, 6.07) is 32.0. The van der Waals surface area contributed by atoms with Crippen LogP contribution in [0.15, 0.2) is 118 Å². The molecule has 1 aromatic heterocycles. The molecular formula is C33H27BrClN3O2S. The zero-order valence-corrected chi connectivity index (χ0v) is 25.5. The average Bonchev–Trinajstić information content (AvgIpc) is 3.60. The summed E-state index contributed by atoms with van der Waals surface area (Å²) in [6.07, 6.45) is 2.78. The molecule has 5 aromatic rings. The number of hydrogen-bond donors (Lipinski definition) is 0. The van der Waals surface area contributed by atoms with Crippen molar-refractivity contribution in [2.45, 2.75) is 23.9 Å². The van der Waals surface area contributed by atoms with E-state index < -0.39 is 0 Å². The van der Waals surface area contributed by atoms with E-state index in [4.69, 9.17) is 21.4 Å². The third-order valence-electron chi connectivity index (χ3n) is 7.21. The fourth-order valence-corrected chi connectivity index (χ4v) is 6.43. The number of rotatable bonds is 8. The minimum atomic E-state index is -0.182. The van der Waals surface area contributed by atoms with Crippen LogP contribution in [0.3, 0.4) is 0 Å². The molecule has 0 bridgehead atoms. The van der Waals surface area contributed by atoms with Crippen LogP contribution in [-0.4, -0.2) is 34.1 Å². The molecule has 5 nitrogen and oxygen atoms in total. The summed E-state index contributed by atoms with van der Waals surface area (Å²) >= 11 is 11.1. The Balaban J connectivity index is 1.25. The second-order valence-electron chi connectivity index (χ2n) is 9.84. The van der Waals surface area contributed by atoms with Gasteiger partial charge in [0.1, 0.15) is 5.75 Å². The third kappa shape index (κ3) is 6.08. The SMILES string of the molecule is COc1ccc(C2CC(c3ccc(Br)cc3)=NN2C(=O)CSc2cn(Cc3ccc(Cl)cc3)c3ccccc23)cc1. The summed E-state index contributed by atoms with van der Waals surface area (Å²) in [4.78, 5) is 14.8. The summed E-state index contributed by atoms with van der Waals surface area (Å²) in [5, 5.41) is 8.38. The molecule has 41 heavy (non-hydrogen) atoms. The third-order valence-corrected chi connectivity index (χ3v) is 9.02. The topological polar surface area (TPSA) is 46.8 Å². The van der Waals surface area contributed by atoms with Gasteiger partial charge in [0, 0.05) is 44.5 Å². The fraction of sp³-hybridized carbons (Fsp3) is 0.152. The first-order valence-corrected chi connectivity index (χ1v) is 15.4. The van der Waals surface area contributed by atoms with Crippen LogP contribution in [0.25, 0.3) is 10.9 Å². The minimum absolute atomic E-state index is 0.0301. The Hall–Kier alpha value is -3.52. The van der Waals surface area contributed by atoms with E-state index in [1.54, 1.807) is 23.9 Å². The molecule has 1 aliphatic rings. The first-order chi connectivity index (χ1) is 20.0. The number of halogens is 2. The number of nitrogens with zero attached hydrogens (tertiary/aromatic N) is 3. The number of thioether (sulfide) groups is 1. The first-order valence-electron chi connectivity index (χ1n) is 13.2. The summed E-state index contributed by atoms with van der Waals surface area (Å²) in [5.74, 6) is 1.03. The minimum Gasteiger partial charge on any atom is -0.497 e. The van der Waals surface area contributed by atoms with E-state index in [-0.39, 0.29) is 17.7 Å². The van der Waals surface area contributed by atoms with Gasteiger partial charge in [0.25, 0.3) is 5.91 Å². The Morgan fingerprint density at radius 2 is 1.73 bits per heavy atom. The average molecular weight is 645 g/mol. The normalized spacial score (nSPS) is 14.9. The quantitative estimate of drug-likeness (QED) is 0.159. The largest absolute Gasteiger partial charge is 0.497 e. The number of carbonyl (C=O) groups is 1. The zero-order chi connectivity index (χ0) is 28.3. The highest BCUT2D eigenvalue weighted by Gasteiger charge is 2.33. The monoisotopic (exact) mass is 643 g/mol. The number of fused-ring (bicyclic) bond motifs is 1. The van der Waals surface area contributed by atoms with Crippen molar-refractivity contribution in [1.29, 1.82) is 0 Å². The van der Waals surface area contributed by atoms with Crippen molar-refractivity contribution in [3.8, 4) is 5.75 Å². The van der Waals surface area contributed by atoms with Crippen molar-refractivity contribution in [2.24, 2.45) is 5.10 Å². The summed E-state index contributed by atoms with van der Waals surface area (Å²) in [5.41, 5.74) is 5.23. The van der Waals surface area contributed by atoms with Gasteiger partial charge >= 0.3 is 0 Å². The lowest BCUT2D eigenvalue weighted by atomic mass is 9.98. The number of para-hydroxylation sites is 1. The molecule has 8 heteroatoms. The van der Waals surface area contributed by atoms with Crippen molar-refractivity contribution in [3.05, 3.63) is 129 Å². The molecule has 0 spiro atoms. The molecule has 1 unspecified atom stereocenters. The second kappa shape index (κ2) is 12.1. The smallest absolute Gasteiger partial charge is 0.253 e. The van der Waals surface area contributed by atoms with Crippen molar-refractivity contribution in [3.63, 3.8) is 0 Å². The van der Waals surface area contributed by atoms with Crippen LogP contribution >= 0.6 is 39.3 Å². The van der Waals surface area contributed by atoms with E-state index in [1.807, 2.05) is 84.9 Å². The Morgan fingerprint density at radius 1 is 1.00 bits per heavy atom. The zero-order valence-electron chi connectivity index (χ0n) is 22.3. The molecule has 1 amide bonds. The molecule has 0 radical (unpaired) electrons.